The highest BCUT2D eigenvalue weighted by Gasteiger charge is 2.19. The van der Waals surface area contributed by atoms with Crippen molar-refractivity contribution in [2.45, 2.75) is 6.61 Å². The molecule has 0 amide bonds. The van der Waals surface area contributed by atoms with E-state index in [1.807, 2.05) is 30.3 Å². The summed E-state index contributed by atoms with van der Waals surface area (Å²) in [5.41, 5.74) is 1.12. The van der Waals surface area contributed by atoms with Gasteiger partial charge in [0, 0.05) is 12.3 Å². The molecule has 0 saturated carbocycles. The second-order valence-electron chi connectivity index (χ2n) is 3.96. The fourth-order valence-corrected chi connectivity index (χ4v) is 1.72. The lowest BCUT2D eigenvalue weighted by molar-refractivity contribution is 0.0589. The first-order valence-electron chi connectivity index (χ1n) is 6.04. The molecule has 2 rings (SSSR count). The molecule has 0 bridgehead atoms. The van der Waals surface area contributed by atoms with Gasteiger partial charge in [-0.25, -0.2) is 9.78 Å². The highest BCUT2D eigenvalue weighted by atomic mass is 16.5. The summed E-state index contributed by atoms with van der Waals surface area (Å²) < 4.78 is 15.5. The van der Waals surface area contributed by atoms with E-state index in [9.17, 15) is 4.79 Å². The quantitative estimate of drug-likeness (QED) is 0.783. The Kier molecular flexibility index (Phi) is 4.55. The number of carbonyl (C=O) groups is 1. The summed E-state index contributed by atoms with van der Waals surface area (Å²) in [6, 6.07) is 11.4. The average Bonchev–Trinajstić information content (AvgIpc) is 2.52. The Hall–Kier alpha value is -2.56. The van der Waals surface area contributed by atoms with Crippen molar-refractivity contribution in [3.8, 4) is 11.5 Å². The second-order valence-corrected chi connectivity index (χ2v) is 3.96. The zero-order valence-corrected chi connectivity index (χ0v) is 11.3. The summed E-state index contributed by atoms with van der Waals surface area (Å²) in [4.78, 5) is 15.6. The molecule has 0 N–H and O–H groups in total. The van der Waals surface area contributed by atoms with Crippen molar-refractivity contribution >= 4 is 5.97 Å². The van der Waals surface area contributed by atoms with Crippen LogP contribution in [0.2, 0.25) is 0 Å². The number of nitrogens with zero attached hydrogens (tertiary/aromatic N) is 1. The van der Waals surface area contributed by atoms with Crippen molar-refractivity contribution < 1.29 is 19.0 Å². The van der Waals surface area contributed by atoms with Crippen LogP contribution in [0, 0.1) is 0 Å². The van der Waals surface area contributed by atoms with Crippen LogP contribution in [0.25, 0.3) is 0 Å². The summed E-state index contributed by atoms with van der Waals surface area (Å²) >= 11 is 0. The predicted octanol–water partition coefficient (Wildman–Crippen LogP) is 2.46. The van der Waals surface area contributed by atoms with Gasteiger partial charge in [0.25, 0.3) is 0 Å². The zero-order chi connectivity index (χ0) is 14.4. The van der Waals surface area contributed by atoms with Gasteiger partial charge in [0.05, 0.1) is 14.2 Å². The predicted molar refractivity (Wildman–Crippen MR) is 72.9 cm³/mol. The van der Waals surface area contributed by atoms with Crippen LogP contribution in [0.15, 0.2) is 42.6 Å². The molecule has 0 aliphatic rings. The van der Waals surface area contributed by atoms with Gasteiger partial charge in [-0.3, -0.25) is 0 Å². The van der Waals surface area contributed by atoms with Crippen molar-refractivity contribution in [3.05, 3.63) is 53.9 Å². The minimum Gasteiger partial charge on any atom is -0.491 e. The normalized spacial score (nSPS) is 9.90. The first kappa shape index (κ1) is 13.9. The molecule has 0 fully saturated rings. The zero-order valence-electron chi connectivity index (χ0n) is 11.3. The Morgan fingerprint density at radius 2 is 1.90 bits per heavy atom. The Balaban J connectivity index is 2.21. The molecular formula is C15H15NO4. The molecular weight excluding hydrogens is 258 g/mol. The summed E-state index contributed by atoms with van der Waals surface area (Å²) in [7, 11) is 2.75. The van der Waals surface area contributed by atoms with Crippen LogP contribution in [0.4, 0.5) is 0 Å². The number of rotatable bonds is 5. The van der Waals surface area contributed by atoms with E-state index < -0.39 is 5.97 Å². The molecule has 0 spiro atoms. The van der Waals surface area contributed by atoms with Gasteiger partial charge in [-0.2, -0.15) is 0 Å². The molecule has 0 aliphatic carbocycles. The summed E-state index contributed by atoms with van der Waals surface area (Å²) in [6.45, 7) is 0.377. The minimum atomic E-state index is -0.563. The molecule has 104 valence electrons. The molecule has 20 heavy (non-hydrogen) atoms. The van der Waals surface area contributed by atoms with Gasteiger partial charge in [0.15, 0.2) is 17.2 Å². The van der Waals surface area contributed by atoms with Crippen LogP contribution >= 0.6 is 0 Å². The van der Waals surface area contributed by atoms with Gasteiger partial charge in [-0.05, 0) is 5.56 Å². The fourth-order valence-electron chi connectivity index (χ4n) is 1.72. The van der Waals surface area contributed by atoms with Gasteiger partial charge in [0.1, 0.15) is 6.61 Å². The standard InChI is InChI=1S/C15H15NO4/c1-18-14-12(8-9-16-13(14)15(17)19-2)20-10-11-6-4-3-5-7-11/h3-9H,10H2,1-2H3. The molecule has 0 atom stereocenters. The van der Waals surface area contributed by atoms with E-state index in [0.717, 1.165) is 5.56 Å². The van der Waals surface area contributed by atoms with Crippen LogP contribution < -0.4 is 9.47 Å². The van der Waals surface area contributed by atoms with E-state index >= 15 is 0 Å². The maximum absolute atomic E-state index is 11.6. The second kappa shape index (κ2) is 6.56. The van der Waals surface area contributed by atoms with Crippen molar-refractivity contribution in [2.24, 2.45) is 0 Å². The van der Waals surface area contributed by atoms with Crippen LogP contribution in [0.3, 0.4) is 0 Å². The van der Waals surface area contributed by atoms with E-state index in [-0.39, 0.29) is 11.4 Å². The van der Waals surface area contributed by atoms with Crippen LogP contribution in [-0.2, 0) is 11.3 Å². The number of benzene rings is 1. The third-order valence-electron chi connectivity index (χ3n) is 2.69. The largest absolute Gasteiger partial charge is 0.491 e. The van der Waals surface area contributed by atoms with Gasteiger partial charge in [-0.15, -0.1) is 0 Å². The number of ether oxygens (including phenoxy) is 3. The van der Waals surface area contributed by atoms with Crippen molar-refractivity contribution in [3.63, 3.8) is 0 Å². The minimum absolute atomic E-state index is 0.0977. The Labute approximate surface area is 117 Å². The van der Waals surface area contributed by atoms with Gasteiger partial charge in [0.2, 0.25) is 0 Å². The van der Waals surface area contributed by atoms with E-state index in [1.54, 1.807) is 6.07 Å². The molecule has 0 unspecified atom stereocenters. The number of esters is 1. The van der Waals surface area contributed by atoms with Crippen molar-refractivity contribution in [1.82, 2.24) is 4.98 Å². The number of aromatic nitrogens is 1. The molecule has 1 aromatic carbocycles. The molecule has 1 heterocycles. The lowest BCUT2D eigenvalue weighted by atomic mass is 10.2. The summed E-state index contributed by atoms with van der Waals surface area (Å²) in [5.74, 6) is 0.161. The third kappa shape index (κ3) is 3.06. The third-order valence-corrected chi connectivity index (χ3v) is 2.69. The smallest absolute Gasteiger partial charge is 0.360 e. The van der Waals surface area contributed by atoms with Gasteiger partial charge in [-0.1, -0.05) is 30.3 Å². The average molecular weight is 273 g/mol. The Bertz CT molecular complexity index is 584. The number of hydrogen-bond acceptors (Lipinski definition) is 5. The van der Waals surface area contributed by atoms with E-state index in [4.69, 9.17) is 9.47 Å². The number of carbonyl (C=O) groups excluding carboxylic acids is 1. The van der Waals surface area contributed by atoms with Crippen molar-refractivity contribution in [1.29, 1.82) is 0 Å². The van der Waals surface area contributed by atoms with E-state index in [2.05, 4.69) is 9.72 Å². The monoisotopic (exact) mass is 273 g/mol. The first-order chi connectivity index (χ1) is 9.76. The van der Waals surface area contributed by atoms with E-state index in [1.165, 1.54) is 20.4 Å². The van der Waals surface area contributed by atoms with E-state index in [0.29, 0.717) is 12.4 Å². The number of hydrogen-bond donors (Lipinski definition) is 0. The van der Waals surface area contributed by atoms with Crippen LogP contribution in [0.5, 0.6) is 11.5 Å². The molecule has 0 aliphatic heterocycles. The molecule has 0 saturated heterocycles. The first-order valence-corrected chi connectivity index (χ1v) is 6.04. The Morgan fingerprint density at radius 1 is 1.15 bits per heavy atom. The van der Waals surface area contributed by atoms with Crippen molar-refractivity contribution in [2.75, 3.05) is 14.2 Å². The van der Waals surface area contributed by atoms with Gasteiger partial charge < -0.3 is 14.2 Å². The molecule has 2 aromatic rings. The summed E-state index contributed by atoms with van der Waals surface area (Å²) in [5, 5.41) is 0. The Morgan fingerprint density at radius 3 is 2.55 bits per heavy atom. The highest BCUT2D eigenvalue weighted by molar-refractivity contribution is 5.91. The lowest BCUT2D eigenvalue weighted by Crippen LogP contribution is -2.08. The SMILES string of the molecule is COC(=O)c1nccc(OCc2ccccc2)c1OC. The topological polar surface area (TPSA) is 57.7 Å². The van der Waals surface area contributed by atoms with Crippen LogP contribution in [0.1, 0.15) is 16.1 Å². The van der Waals surface area contributed by atoms with Crippen LogP contribution in [-0.4, -0.2) is 25.2 Å². The highest BCUT2D eigenvalue weighted by Crippen LogP contribution is 2.30. The fraction of sp³-hybridized carbons (Fsp3) is 0.200. The summed E-state index contributed by atoms with van der Waals surface area (Å²) in [6.07, 6.45) is 1.48. The van der Waals surface area contributed by atoms with Gasteiger partial charge >= 0.3 is 5.97 Å². The maximum atomic E-state index is 11.6. The maximum Gasteiger partial charge on any atom is 0.360 e. The number of pyridine rings is 1. The molecule has 1 aromatic heterocycles. The molecule has 0 radical (unpaired) electrons. The molecule has 5 nitrogen and oxygen atoms in total. The lowest BCUT2D eigenvalue weighted by Gasteiger charge is -2.12. The number of methoxy groups -OCH3 is 2. The molecule has 5 heteroatoms.